The van der Waals surface area contributed by atoms with Gasteiger partial charge in [-0.15, -0.1) is 0 Å². The van der Waals surface area contributed by atoms with Gasteiger partial charge < -0.3 is 21.6 Å². The number of nitrogens with one attached hydrogen (secondary N) is 2. The summed E-state index contributed by atoms with van der Waals surface area (Å²) in [6.45, 7) is 0.300. The zero-order chi connectivity index (χ0) is 15.5. The minimum Gasteiger partial charge on any atom is -0.475 e. The molecule has 2 heterocycles. The normalized spacial score (nSPS) is 11.0. The number of aromatic nitrogens is 3. The van der Waals surface area contributed by atoms with Crippen LogP contribution in [-0.4, -0.2) is 32.2 Å². The molecule has 0 unspecified atom stereocenters. The lowest BCUT2D eigenvalue weighted by atomic mass is 10.2. The van der Waals surface area contributed by atoms with Crippen LogP contribution in [0.5, 0.6) is 0 Å². The summed E-state index contributed by atoms with van der Waals surface area (Å²) in [6, 6.07) is 0. The number of carbonyl (C=O) groups is 1. The lowest BCUT2D eigenvalue weighted by molar-refractivity contribution is -0.192. The first-order valence-corrected chi connectivity index (χ1v) is 5.02. The van der Waals surface area contributed by atoms with Gasteiger partial charge in [0.15, 0.2) is 0 Å². The molecule has 0 fully saturated rings. The van der Waals surface area contributed by atoms with E-state index in [4.69, 9.17) is 21.4 Å². The molecular weight excluding hydrogens is 283 g/mol. The third-order valence-corrected chi connectivity index (χ3v) is 2.10. The van der Waals surface area contributed by atoms with Crippen molar-refractivity contribution >= 4 is 23.0 Å². The smallest absolute Gasteiger partial charge is 0.475 e. The predicted octanol–water partition coefficient (Wildman–Crippen LogP) is -0.0746. The number of H-pyrrole nitrogens is 2. The van der Waals surface area contributed by atoms with Crippen molar-refractivity contribution in [2.24, 2.45) is 5.73 Å². The van der Waals surface area contributed by atoms with Crippen molar-refractivity contribution < 1.29 is 23.1 Å². The van der Waals surface area contributed by atoms with Gasteiger partial charge in [-0.05, 0) is 5.56 Å². The van der Waals surface area contributed by atoms with Gasteiger partial charge in [-0.2, -0.15) is 18.2 Å². The van der Waals surface area contributed by atoms with E-state index in [1.165, 1.54) is 0 Å². The lowest BCUT2D eigenvalue weighted by Crippen LogP contribution is -2.21. The third-order valence-electron chi connectivity index (χ3n) is 2.10. The summed E-state index contributed by atoms with van der Waals surface area (Å²) in [6.07, 6.45) is -3.42. The maximum Gasteiger partial charge on any atom is 0.490 e. The van der Waals surface area contributed by atoms with Crippen molar-refractivity contribution in [2.75, 3.05) is 5.73 Å². The molecule has 0 radical (unpaired) electrons. The van der Waals surface area contributed by atoms with E-state index in [0.29, 0.717) is 17.6 Å². The molecule has 20 heavy (non-hydrogen) atoms. The molecule has 8 nitrogen and oxygen atoms in total. The molecule has 0 aliphatic carbocycles. The Balaban J connectivity index is 0.000000246. The van der Waals surface area contributed by atoms with Gasteiger partial charge in [-0.1, -0.05) is 0 Å². The fraction of sp³-hybridized carbons (Fsp3) is 0.222. The Bertz CT molecular complexity index is 675. The van der Waals surface area contributed by atoms with Crippen molar-refractivity contribution in [3.8, 4) is 0 Å². The van der Waals surface area contributed by atoms with Crippen LogP contribution >= 0.6 is 0 Å². The number of nitrogens with two attached hydrogens (primary N) is 2. The highest BCUT2D eigenvalue weighted by Crippen LogP contribution is 2.13. The molecule has 0 bridgehead atoms. The predicted molar refractivity (Wildman–Crippen MR) is 62.7 cm³/mol. The van der Waals surface area contributed by atoms with E-state index in [1.54, 1.807) is 6.20 Å². The molecule has 2 rings (SSSR count). The fourth-order valence-electron chi connectivity index (χ4n) is 1.28. The highest BCUT2D eigenvalue weighted by Gasteiger charge is 2.38. The quantitative estimate of drug-likeness (QED) is 0.496. The second-order valence-electron chi connectivity index (χ2n) is 3.50. The van der Waals surface area contributed by atoms with Gasteiger partial charge >= 0.3 is 12.1 Å². The Morgan fingerprint density at radius 3 is 2.45 bits per heavy atom. The number of rotatable bonds is 1. The lowest BCUT2D eigenvalue weighted by Gasteiger charge is -1.93. The summed E-state index contributed by atoms with van der Waals surface area (Å²) in [5.74, 6) is -2.66. The number of hydrogen-bond acceptors (Lipinski definition) is 5. The summed E-state index contributed by atoms with van der Waals surface area (Å²) >= 11 is 0. The van der Waals surface area contributed by atoms with Gasteiger partial charge in [0.25, 0.3) is 5.56 Å². The number of fused-ring (bicyclic) bond motifs is 1. The van der Waals surface area contributed by atoms with Crippen molar-refractivity contribution in [3.05, 3.63) is 22.1 Å². The SMILES string of the molecule is NCc1c[nH]c2nc(N)[nH]c(=O)c12.O=C(O)C(F)(F)F. The van der Waals surface area contributed by atoms with Gasteiger partial charge in [0, 0.05) is 12.7 Å². The summed E-state index contributed by atoms with van der Waals surface area (Å²) in [4.78, 5) is 29.4. The molecule has 0 spiro atoms. The van der Waals surface area contributed by atoms with Crippen molar-refractivity contribution in [3.63, 3.8) is 0 Å². The van der Waals surface area contributed by atoms with Crippen LogP contribution < -0.4 is 17.0 Å². The van der Waals surface area contributed by atoms with Crippen LogP contribution in [0.25, 0.3) is 11.0 Å². The van der Waals surface area contributed by atoms with Crippen LogP contribution in [0.1, 0.15) is 5.56 Å². The number of nitrogen functional groups attached to an aromatic ring is 1. The Kier molecular flexibility index (Phi) is 4.34. The molecule has 0 saturated heterocycles. The van der Waals surface area contributed by atoms with Crippen molar-refractivity contribution in [1.82, 2.24) is 15.0 Å². The first-order chi connectivity index (χ1) is 9.16. The maximum absolute atomic E-state index is 11.4. The van der Waals surface area contributed by atoms with Gasteiger partial charge in [0.2, 0.25) is 5.95 Å². The van der Waals surface area contributed by atoms with Crippen LogP contribution in [0, 0.1) is 0 Å². The molecule has 7 N–H and O–H groups in total. The Morgan fingerprint density at radius 1 is 1.45 bits per heavy atom. The molecule has 2 aromatic heterocycles. The average molecular weight is 293 g/mol. The zero-order valence-corrected chi connectivity index (χ0v) is 9.78. The number of aliphatic carboxylic acids is 1. The van der Waals surface area contributed by atoms with E-state index in [-0.39, 0.29) is 11.5 Å². The molecule has 0 atom stereocenters. The molecule has 0 aromatic carbocycles. The number of aromatic amines is 2. The minimum absolute atomic E-state index is 0.0999. The molecule has 0 saturated carbocycles. The van der Waals surface area contributed by atoms with Gasteiger partial charge in [0.1, 0.15) is 5.65 Å². The first kappa shape index (κ1) is 15.5. The van der Waals surface area contributed by atoms with E-state index < -0.39 is 12.1 Å². The van der Waals surface area contributed by atoms with Crippen LogP contribution in [0.3, 0.4) is 0 Å². The number of carboxylic acid groups (broad SMARTS) is 1. The highest BCUT2D eigenvalue weighted by molar-refractivity contribution is 5.79. The minimum atomic E-state index is -5.08. The molecule has 11 heteroatoms. The Morgan fingerprint density at radius 2 is 2.00 bits per heavy atom. The molecule has 0 aliphatic heterocycles. The summed E-state index contributed by atoms with van der Waals surface area (Å²) in [5.41, 5.74) is 11.7. The Hall–Kier alpha value is -2.56. The standard InChI is InChI=1S/C7H9N5O.C2HF3O2/c8-1-3-2-10-5-4(3)6(13)12-7(9)11-5;3-2(4,5)1(6)7/h2H,1,8H2,(H4,9,10,11,12,13);(H,6,7). The number of halogens is 3. The third kappa shape index (κ3) is 3.47. The second kappa shape index (κ2) is 5.61. The van der Waals surface area contributed by atoms with Gasteiger partial charge in [0.05, 0.1) is 5.39 Å². The Labute approximate surface area is 108 Å². The van der Waals surface area contributed by atoms with Gasteiger partial charge in [-0.3, -0.25) is 9.78 Å². The van der Waals surface area contributed by atoms with Crippen LogP contribution in [0.15, 0.2) is 11.0 Å². The van der Waals surface area contributed by atoms with Crippen molar-refractivity contribution in [2.45, 2.75) is 12.7 Å². The highest BCUT2D eigenvalue weighted by atomic mass is 19.4. The van der Waals surface area contributed by atoms with E-state index in [9.17, 15) is 18.0 Å². The van der Waals surface area contributed by atoms with E-state index in [1.807, 2.05) is 0 Å². The largest absolute Gasteiger partial charge is 0.490 e. The van der Waals surface area contributed by atoms with E-state index in [0.717, 1.165) is 5.56 Å². The molecular formula is C9H10F3N5O3. The monoisotopic (exact) mass is 293 g/mol. The maximum atomic E-state index is 11.4. The summed E-state index contributed by atoms with van der Waals surface area (Å²) in [7, 11) is 0. The topological polar surface area (TPSA) is 151 Å². The molecule has 110 valence electrons. The average Bonchev–Trinajstić information content (AvgIpc) is 2.71. The first-order valence-electron chi connectivity index (χ1n) is 5.02. The van der Waals surface area contributed by atoms with E-state index in [2.05, 4.69) is 15.0 Å². The van der Waals surface area contributed by atoms with Gasteiger partial charge in [-0.25, -0.2) is 4.79 Å². The fourth-order valence-corrected chi connectivity index (χ4v) is 1.28. The molecule has 2 aromatic rings. The van der Waals surface area contributed by atoms with Crippen LogP contribution in [0.4, 0.5) is 19.1 Å². The summed E-state index contributed by atoms with van der Waals surface area (Å²) < 4.78 is 31.7. The number of anilines is 1. The molecule has 0 amide bonds. The van der Waals surface area contributed by atoms with Crippen molar-refractivity contribution in [1.29, 1.82) is 0 Å². The summed E-state index contributed by atoms with van der Waals surface area (Å²) in [5, 5.41) is 7.61. The molecule has 0 aliphatic rings. The van der Waals surface area contributed by atoms with Crippen LogP contribution in [-0.2, 0) is 11.3 Å². The second-order valence-corrected chi connectivity index (χ2v) is 3.50. The number of hydrogen-bond donors (Lipinski definition) is 5. The number of carboxylic acids is 1. The van der Waals surface area contributed by atoms with E-state index >= 15 is 0 Å². The van der Waals surface area contributed by atoms with Crippen LogP contribution in [0.2, 0.25) is 0 Å². The zero-order valence-electron chi connectivity index (χ0n) is 9.78. The number of alkyl halides is 3. The number of nitrogens with zero attached hydrogens (tertiary/aromatic N) is 1.